The Hall–Kier alpha value is -3.48. The molecule has 10 heteroatoms. The zero-order valence-corrected chi connectivity index (χ0v) is 23.0. The predicted octanol–water partition coefficient (Wildman–Crippen LogP) is 4.97. The van der Waals surface area contributed by atoms with E-state index in [0.717, 1.165) is 35.2 Å². The molecule has 5 rings (SSSR count). The smallest absolute Gasteiger partial charge is 0.148 e. The molecule has 1 unspecified atom stereocenters. The largest absolute Gasteiger partial charge is 0.380 e. The summed E-state index contributed by atoms with van der Waals surface area (Å²) < 4.78 is 13.9. The highest BCUT2D eigenvalue weighted by Crippen LogP contribution is 2.39. The summed E-state index contributed by atoms with van der Waals surface area (Å²) in [6.07, 6.45) is 5.89. The number of nitriles is 1. The maximum atomic E-state index is 13.9. The first-order valence-electron chi connectivity index (χ1n) is 12.8. The number of hydrogen-bond donors (Lipinski definition) is 4. The number of fused-ring (bicyclic) bond motifs is 1. The SMILES string of the molecule is BC(Nc1cc(Cl)c2ncc(C#N)c(N[C@H](C)C(C)(C)C)c2c1)(C1=CN(C2CC2)NN1)c1ccc(F)cc1. The molecule has 2 aliphatic rings. The number of anilines is 2. The predicted molar refractivity (Wildman–Crippen MR) is 153 cm³/mol. The number of hydrazine groups is 2. The van der Waals surface area contributed by atoms with Crippen molar-refractivity contribution in [3.8, 4) is 6.07 Å². The highest BCUT2D eigenvalue weighted by molar-refractivity contribution is 6.36. The van der Waals surface area contributed by atoms with Gasteiger partial charge in [0.05, 0.1) is 32.9 Å². The zero-order valence-electron chi connectivity index (χ0n) is 22.3. The van der Waals surface area contributed by atoms with Crippen LogP contribution in [-0.4, -0.2) is 29.9 Å². The van der Waals surface area contributed by atoms with Gasteiger partial charge >= 0.3 is 0 Å². The number of pyridine rings is 1. The average Bonchev–Trinajstić information content (AvgIpc) is 3.59. The highest BCUT2D eigenvalue weighted by atomic mass is 35.5. The third kappa shape index (κ3) is 4.98. The maximum absolute atomic E-state index is 13.9. The molecular formula is C28H32BClFN7. The van der Waals surface area contributed by atoms with Gasteiger partial charge in [-0.25, -0.2) is 4.39 Å². The summed E-state index contributed by atoms with van der Waals surface area (Å²) >= 11 is 6.77. The fraction of sp³-hybridized carbons (Fsp3) is 0.357. The molecule has 2 heterocycles. The lowest BCUT2D eigenvalue weighted by molar-refractivity contribution is 0.260. The third-order valence-corrected chi connectivity index (χ3v) is 7.88. The van der Waals surface area contributed by atoms with Crippen molar-refractivity contribution in [3.63, 3.8) is 0 Å². The molecule has 38 heavy (non-hydrogen) atoms. The summed E-state index contributed by atoms with van der Waals surface area (Å²) in [7, 11) is 2.04. The number of hydrogen-bond acceptors (Lipinski definition) is 7. The molecule has 3 aromatic rings. The van der Waals surface area contributed by atoms with Gasteiger partial charge in [-0.15, -0.1) is 5.53 Å². The van der Waals surface area contributed by atoms with Gasteiger partial charge in [-0.3, -0.25) is 9.99 Å². The number of nitrogens with one attached hydrogen (secondary N) is 4. The first-order chi connectivity index (χ1) is 18.0. The second-order valence-electron chi connectivity index (χ2n) is 11.4. The molecule has 0 radical (unpaired) electrons. The molecule has 1 saturated carbocycles. The fourth-order valence-electron chi connectivity index (χ4n) is 4.50. The van der Waals surface area contributed by atoms with E-state index in [1.165, 1.54) is 12.1 Å². The van der Waals surface area contributed by atoms with Crippen LogP contribution in [-0.2, 0) is 5.44 Å². The Morgan fingerprint density at radius 1 is 1.24 bits per heavy atom. The number of rotatable bonds is 7. The first kappa shape index (κ1) is 26.1. The van der Waals surface area contributed by atoms with Crippen LogP contribution in [0.1, 0.15) is 51.7 Å². The second-order valence-corrected chi connectivity index (χ2v) is 11.8. The van der Waals surface area contributed by atoms with Gasteiger partial charge in [-0.2, -0.15) is 5.26 Å². The monoisotopic (exact) mass is 531 g/mol. The number of halogens is 2. The topological polar surface area (TPSA) is 88.0 Å². The average molecular weight is 532 g/mol. The Morgan fingerprint density at radius 3 is 2.58 bits per heavy atom. The molecule has 4 N–H and O–H groups in total. The Morgan fingerprint density at radius 2 is 1.95 bits per heavy atom. The lowest BCUT2D eigenvalue weighted by Crippen LogP contribution is -2.45. The standard InChI is InChI=1S/C28H32BClFN7/c1-16(27(2,3)4)34-25-17(13-32)14-33-26-22(25)11-20(12-23(26)30)35-28(29,18-5-7-19(31)8-6-18)24-15-38(37-36-24)21-9-10-21/h5-8,11-12,14-16,21,35-37H,9-10,29H2,1-4H3,(H,33,34)/t16-,28?/m1/s1. The van der Waals surface area contributed by atoms with Gasteiger partial charge in [0.2, 0.25) is 0 Å². The van der Waals surface area contributed by atoms with Crippen LogP contribution in [0.3, 0.4) is 0 Å². The van der Waals surface area contributed by atoms with E-state index in [0.29, 0.717) is 27.8 Å². The molecule has 1 aromatic heterocycles. The quantitative estimate of drug-likeness (QED) is 0.320. The van der Waals surface area contributed by atoms with E-state index in [-0.39, 0.29) is 17.3 Å². The number of nitrogens with zero attached hydrogens (tertiary/aromatic N) is 3. The van der Waals surface area contributed by atoms with Crippen molar-refractivity contribution < 1.29 is 4.39 Å². The lowest BCUT2D eigenvalue weighted by atomic mass is 9.69. The van der Waals surface area contributed by atoms with Crippen LogP contribution < -0.4 is 21.6 Å². The van der Waals surface area contributed by atoms with Crippen molar-refractivity contribution in [2.45, 2.75) is 58.1 Å². The number of benzene rings is 2. The Bertz CT molecular complexity index is 1440. The molecule has 2 atom stereocenters. The second kappa shape index (κ2) is 9.68. The molecule has 1 aliphatic carbocycles. The van der Waals surface area contributed by atoms with E-state index in [4.69, 9.17) is 11.6 Å². The van der Waals surface area contributed by atoms with E-state index in [1.54, 1.807) is 18.3 Å². The molecule has 0 bridgehead atoms. The molecule has 0 spiro atoms. The van der Waals surface area contributed by atoms with Crippen molar-refractivity contribution in [2.75, 3.05) is 10.6 Å². The van der Waals surface area contributed by atoms with Crippen LogP contribution in [0.2, 0.25) is 5.02 Å². The minimum Gasteiger partial charge on any atom is -0.380 e. The van der Waals surface area contributed by atoms with Crippen LogP contribution in [0.25, 0.3) is 10.9 Å². The first-order valence-corrected chi connectivity index (χ1v) is 13.2. The molecule has 0 amide bonds. The summed E-state index contributed by atoms with van der Waals surface area (Å²) in [5.41, 5.74) is 10.0. The zero-order chi connectivity index (χ0) is 27.2. The van der Waals surface area contributed by atoms with Gasteiger partial charge in [0.15, 0.2) is 0 Å². The molecule has 0 saturated heterocycles. The molecule has 196 valence electrons. The lowest BCUT2D eigenvalue weighted by Gasteiger charge is -2.34. The summed E-state index contributed by atoms with van der Waals surface area (Å²) in [6.45, 7) is 8.54. The van der Waals surface area contributed by atoms with E-state index in [9.17, 15) is 9.65 Å². The van der Waals surface area contributed by atoms with Gasteiger partial charge in [0, 0.05) is 35.6 Å². The molecular weight excluding hydrogens is 500 g/mol. The Labute approximate surface area is 228 Å². The van der Waals surface area contributed by atoms with Crippen LogP contribution in [0, 0.1) is 22.6 Å². The van der Waals surface area contributed by atoms with Crippen molar-refractivity contribution >= 4 is 41.7 Å². The van der Waals surface area contributed by atoms with Gasteiger partial charge in [-0.05, 0) is 55.0 Å². The summed E-state index contributed by atoms with van der Waals surface area (Å²) in [5, 5.41) is 20.4. The van der Waals surface area contributed by atoms with E-state index in [1.807, 2.05) is 20.0 Å². The van der Waals surface area contributed by atoms with Gasteiger partial charge in [-0.1, -0.05) is 44.5 Å². The Balaban J connectivity index is 1.61. The Kier molecular flexibility index (Phi) is 6.66. The van der Waals surface area contributed by atoms with Crippen LogP contribution in [0.4, 0.5) is 15.8 Å². The van der Waals surface area contributed by atoms with E-state index >= 15 is 0 Å². The van der Waals surface area contributed by atoms with Crippen molar-refractivity contribution in [1.29, 1.82) is 5.26 Å². The minimum atomic E-state index is -0.756. The van der Waals surface area contributed by atoms with E-state index < -0.39 is 5.44 Å². The highest BCUT2D eigenvalue weighted by Gasteiger charge is 2.38. The van der Waals surface area contributed by atoms with Crippen molar-refractivity contribution in [3.05, 3.63) is 76.5 Å². The van der Waals surface area contributed by atoms with Crippen LogP contribution in [0.15, 0.2) is 54.5 Å². The van der Waals surface area contributed by atoms with Crippen molar-refractivity contribution in [1.82, 2.24) is 21.0 Å². The third-order valence-electron chi connectivity index (χ3n) is 7.59. The summed E-state index contributed by atoms with van der Waals surface area (Å²) in [5.74, 6) is -0.297. The van der Waals surface area contributed by atoms with Crippen LogP contribution >= 0.6 is 11.6 Å². The molecule has 1 fully saturated rings. The molecule has 2 aromatic carbocycles. The van der Waals surface area contributed by atoms with Crippen molar-refractivity contribution in [2.24, 2.45) is 5.41 Å². The van der Waals surface area contributed by atoms with Crippen LogP contribution in [0.5, 0.6) is 0 Å². The molecule has 1 aliphatic heterocycles. The fourth-order valence-corrected chi connectivity index (χ4v) is 4.77. The van der Waals surface area contributed by atoms with Gasteiger partial charge < -0.3 is 16.1 Å². The van der Waals surface area contributed by atoms with Gasteiger partial charge in [0.1, 0.15) is 19.7 Å². The summed E-state index contributed by atoms with van der Waals surface area (Å²) in [4.78, 5) is 4.50. The number of aromatic nitrogens is 1. The minimum absolute atomic E-state index is 0.0375. The normalized spacial score (nSPS) is 17.8. The maximum Gasteiger partial charge on any atom is 0.148 e. The summed E-state index contributed by atoms with van der Waals surface area (Å²) in [6, 6.07) is 13.1. The molecule has 7 nitrogen and oxygen atoms in total. The van der Waals surface area contributed by atoms with E-state index in [2.05, 4.69) is 71.6 Å². The van der Waals surface area contributed by atoms with Gasteiger partial charge in [0.25, 0.3) is 0 Å².